The molecule has 7 nitrogen and oxygen atoms in total. The van der Waals surface area contributed by atoms with Crippen molar-refractivity contribution in [1.82, 2.24) is 9.55 Å². The van der Waals surface area contributed by atoms with Crippen molar-refractivity contribution in [3.8, 4) is 35.0 Å². The number of rotatable bonds is 6. The number of hydrogen-bond donors (Lipinski definition) is 1. The second-order valence-corrected chi connectivity index (χ2v) is 10.6. The Morgan fingerprint density at radius 2 is 1.90 bits per heavy atom. The molecule has 3 aromatic carbocycles. The summed E-state index contributed by atoms with van der Waals surface area (Å²) in [5, 5.41) is 1.93. The van der Waals surface area contributed by atoms with E-state index in [0.717, 1.165) is 53.3 Å². The first-order valence-electron chi connectivity index (χ1n) is 12.8. The van der Waals surface area contributed by atoms with E-state index in [1.165, 1.54) is 12.1 Å². The third-order valence-electron chi connectivity index (χ3n) is 7.35. The molecule has 0 radical (unpaired) electrons. The van der Waals surface area contributed by atoms with Gasteiger partial charge in [0.05, 0.1) is 22.9 Å². The summed E-state index contributed by atoms with van der Waals surface area (Å²) in [5.41, 5.74) is 4.04. The molecule has 39 heavy (non-hydrogen) atoms. The maximum atomic E-state index is 14.0. The molecule has 1 N–H and O–H groups in total. The monoisotopic (exact) mass is 544 g/mol. The topological polar surface area (TPSA) is 90.4 Å². The third-order valence-corrected chi connectivity index (χ3v) is 7.74. The van der Waals surface area contributed by atoms with Crippen molar-refractivity contribution in [3.63, 3.8) is 0 Å². The molecule has 2 aromatic heterocycles. The van der Waals surface area contributed by atoms with E-state index in [2.05, 4.69) is 19.7 Å². The van der Waals surface area contributed by atoms with Crippen LogP contribution in [0.3, 0.4) is 0 Å². The lowest BCUT2D eigenvalue weighted by molar-refractivity contribution is 0.342. The Labute approximate surface area is 224 Å². The highest BCUT2D eigenvalue weighted by atomic mass is 32.3. The van der Waals surface area contributed by atoms with Crippen LogP contribution in [0.25, 0.3) is 44.0 Å². The van der Waals surface area contributed by atoms with Crippen molar-refractivity contribution in [3.05, 3.63) is 70.4 Å². The van der Waals surface area contributed by atoms with E-state index in [0.29, 0.717) is 34.3 Å². The first-order valence-corrected chi connectivity index (χ1v) is 14.1. The Hall–Kier alpha value is -4.29. The molecule has 1 aliphatic rings. The predicted molar refractivity (Wildman–Crippen MR) is 150 cm³/mol. The fourth-order valence-corrected chi connectivity index (χ4v) is 6.09. The molecule has 1 saturated carbocycles. The lowest BCUT2D eigenvalue weighted by Crippen LogP contribution is -2.15. The van der Waals surface area contributed by atoms with Crippen molar-refractivity contribution in [2.24, 2.45) is 0 Å². The molecular weight excluding hydrogens is 519 g/mol. The smallest absolute Gasteiger partial charge is 0.488 e. The third kappa shape index (κ3) is 4.41. The minimum absolute atomic E-state index is 0.123. The second kappa shape index (κ2) is 9.47. The molecule has 1 fully saturated rings. The van der Waals surface area contributed by atoms with Gasteiger partial charge >= 0.3 is 10.5 Å². The van der Waals surface area contributed by atoms with E-state index < -0.39 is 10.5 Å². The first kappa shape index (κ1) is 25.0. The largest absolute Gasteiger partial charge is 0.493 e. The first-order chi connectivity index (χ1) is 18.8. The normalized spacial score (nSPS) is 14.3. The van der Waals surface area contributed by atoms with Crippen LogP contribution in [0.2, 0.25) is 0 Å². The molecule has 0 spiro atoms. The van der Waals surface area contributed by atoms with Gasteiger partial charge in [0.1, 0.15) is 17.1 Å². The van der Waals surface area contributed by atoms with Gasteiger partial charge in [0, 0.05) is 28.1 Å². The molecule has 0 atom stereocenters. The standard InChI is InChI=1S/C30H25FN2O5S/c1-3-18-12-13-22-25(14-18)32-30-28(22)29(34)24-17-27(37-4-2)23(16-26(24)33(30)20-9-5-6-10-20)19-8-7-11-21(15-19)38-39(31,35)36/h1,7-8,11-17,20,32H,4-6,9-10H2,2H3. The van der Waals surface area contributed by atoms with Crippen LogP contribution in [0.15, 0.2) is 59.4 Å². The number of aromatic nitrogens is 2. The van der Waals surface area contributed by atoms with Gasteiger partial charge in [-0.3, -0.25) is 4.79 Å². The number of hydrogen-bond acceptors (Lipinski definition) is 5. The minimum Gasteiger partial charge on any atom is -0.493 e. The number of nitrogens with one attached hydrogen (secondary N) is 1. The number of pyridine rings is 1. The molecule has 1 aliphatic carbocycles. The Bertz CT molecular complexity index is 1980. The second-order valence-electron chi connectivity index (χ2n) is 9.69. The Morgan fingerprint density at radius 3 is 2.62 bits per heavy atom. The van der Waals surface area contributed by atoms with E-state index in [1.54, 1.807) is 18.2 Å². The van der Waals surface area contributed by atoms with Gasteiger partial charge in [0.15, 0.2) is 5.43 Å². The van der Waals surface area contributed by atoms with Crippen molar-refractivity contribution >= 4 is 43.3 Å². The van der Waals surface area contributed by atoms with Crippen molar-refractivity contribution in [2.45, 2.75) is 38.6 Å². The summed E-state index contributed by atoms with van der Waals surface area (Å²) in [4.78, 5) is 17.5. The number of aromatic amines is 1. The Balaban J connectivity index is 1.70. The van der Waals surface area contributed by atoms with E-state index in [9.17, 15) is 17.1 Å². The SMILES string of the molecule is C#Cc1ccc2c(c1)[nH]c1c2c(=O)c2cc(OCC)c(-c3cccc(OS(=O)(=O)F)c3)cc2n1C1CCCC1. The zero-order valence-electron chi connectivity index (χ0n) is 21.2. The predicted octanol–water partition coefficient (Wildman–Crippen LogP) is 6.39. The summed E-state index contributed by atoms with van der Waals surface area (Å²) in [7, 11) is -5.19. The van der Waals surface area contributed by atoms with Crippen LogP contribution < -0.4 is 14.3 Å². The van der Waals surface area contributed by atoms with Crippen molar-refractivity contribution < 1.29 is 21.2 Å². The maximum Gasteiger partial charge on any atom is 0.488 e. The Kier molecular flexibility index (Phi) is 6.07. The molecule has 0 amide bonds. The Morgan fingerprint density at radius 1 is 1.10 bits per heavy atom. The molecule has 198 valence electrons. The number of nitrogens with zero attached hydrogens (tertiary/aromatic N) is 1. The lowest BCUT2D eigenvalue weighted by Gasteiger charge is -2.21. The zero-order chi connectivity index (χ0) is 27.3. The van der Waals surface area contributed by atoms with E-state index in [4.69, 9.17) is 11.2 Å². The molecular formula is C30H25FN2O5S. The molecule has 6 rings (SSSR count). The van der Waals surface area contributed by atoms with Crippen LogP contribution in [-0.4, -0.2) is 24.6 Å². The highest BCUT2D eigenvalue weighted by Gasteiger charge is 2.25. The van der Waals surface area contributed by atoms with Crippen LogP contribution in [-0.2, 0) is 10.5 Å². The summed E-state index contributed by atoms with van der Waals surface area (Å²) in [6.45, 7) is 2.18. The lowest BCUT2D eigenvalue weighted by atomic mass is 10.00. The number of benzene rings is 3. The summed E-state index contributed by atoms with van der Waals surface area (Å²) in [5.74, 6) is 2.94. The molecule has 0 aliphatic heterocycles. The van der Waals surface area contributed by atoms with E-state index in [1.807, 2.05) is 31.2 Å². The van der Waals surface area contributed by atoms with Crippen LogP contribution in [0.4, 0.5) is 3.89 Å². The van der Waals surface area contributed by atoms with Crippen LogP contribution in [0.5, 0.6) is 11.5 Å². The molecule has 0 unspecified atom stereocenters. The minimum atomic E-state index is -5.19. The van der Waals surface area contributed by atoms with E-state index in [-0.39, 0.29) is 17.2 Å². The van der Waals surface area contributed by atoms with Crippen LogP contribution >= 0.6 is 0 Å². The summed E-state index contributed by atoms with van der Waals surface area (Å²) < 4.78 is 48.1. The zero-order valence-corrected chi connectivity index (χ0v) is 22.0. The van der Waals surface area contributed by atoms with Gasteiger partial charge < -0.3 is 18.5 Å². The highest BCUT2D eigenvalue weighted by Crippen LogP contribution is 2.40. The number of fused-ring (bicyclic) bond motifs is 4. The van der Waals surface area contributed by atoms with Gasteiger partial charge in [-0.2, -0.15) is 8.42 Å². The molecule has 5 aromatic rings. The number of terminal acetylenes is 1. The molecule has 0 bridgehead atoms. The summed E-state index contributed by atoms with van der Waals surface area (Å²) >= 11 is 0. The van der Waals surface area contributed by atoms with Crippen LogP contribution in [0, 0.1) is 12.3 Å². The quantitative estimate of drug-likeness (QED) is 0.198. The fourth-order valence-electron chi connectivity index (χ4n) is 5.76. The molecule has 0 saturated heterocycles. The summed E-state index contributed by atoms with van der Waals surface area (Å²) in [6.07, 6.45) is 9.74. The number of H-pyrrole nitrogens is 1. The number of halogens is 1. The number of ether oxygens (including phenoxy) is 1. The van der Waals surface area contributed by atoms with Gasteiger partial charge in [0.2, 0.25) is 0 Å². The fraction of sp³-hybridized carbons (Fsp3) is 0.233. The van der Waals surface area contributed by atoms with Gasteiger partial charge in [0.25, 0.3) is 0 Å². The average Bonchev–Trinajstić information content (AvgIpc) is 3.56. The molecule has 2 heterocycles. The van der Waals surface area contributed by atoms with Crippen LogP contribution in [0.1, 0.15) is 44.2 Å². The van der Waals surface area contributed by atoms with Gasteiger partial charge in [-0.25, -0.2) is 0 Å². The highest BCUT2D eigenvalue weighted by molar-refractivity contribution is 7.81. The average molecular weight is 545 g/mol. The van der Waals surface area contributed by atoms with Crippen molar-refractivity contribution in [2.75, 3.05) is 6.61 Å². The summed E-state index contributed by atoms with van der Waals surface area (Å²) in [6, 6.07) is 15.5. The van der Waals surface area contributed by atoms with Gasteiger partial charge in [-0.1, -0.05) is 40.8 Å². The maximum absolute atomic E-state index is 14.0. The van der Waals surface area contributed by atoms with Crippen molar-refractivity contribution in [1.29, 1.82) is 0 Å². The van der Waals surface area contributed by atoms with Gasteiger partial charge in [-0.15, -0.1) is 6.42 Å². The molecule has 9 heteroatoms. The van der Waals surface area contributed by atoms with E-state index >= 15 is 0 Å². The van der Waals surface area contributed by atoms with Gasteiger partial charge in [-0.05, 0) is 61.7 Å².